The highest BCUT2D eigenvalue weighted by Crippen LogP contribution is 2.23. The van der Waals surface area contributed by atoms with Gasteiger partial charge < -0.3 is 19.9 Å². The number of benzene rings is 1. The van der Waals surface area contributed by atoms with Gasteiger partial charge in [0.05, 0.1) is 25.7 Å². The Labute approximate surface area is 117 Å². The number of nitrogens with one attached hydrogen (secondary N) is 1. The van der Waals surface area contributed by atoms with Gasteiger partial charge in [-0.1, -0.05) is 6.92 Å². The van der Waals surface area contributed by atoms with Gasteiger partial charge >= 0.3 is 5.97 Å². The van der Waals surface area contributed by atoms with E-state index in [9.17, 15) is 9.59 Å². The van der Waals surface area contributed by atoms with Gasteiger partial charge in [0.25, 0.3) is 5.91 Å². The maximum atomic E-state index is 12.0. The number of hydrogen-bond donors (Lipinski definition) is 2. The second-order valence-corrected chi connectivity index (χ2v) is 4.35. The van der Waals surface area contributed by atoms with Crippen LogP contribution < -0.4 is 14.8 Å². The van der Waals surface area contributed by atoms with E-state index in [1.165, 1.54) is 14.2 Å². The summed E-state index contributed by atoms with van der Waals surface area (Å²) in [5, 5.41) is 11.4. The predicted molar refractivity (Wildman–Crippen MR) is 73.3 cm³/mol. The molecule has 1 unspecified atom stereocenters. The Morgan fingerprint density at radius 3 is 2.55 bits per heavy atom. The minimum absolute atomic E-state index is 0.284. The fourth-order valence-corrected chi connectivity index (χ4v) is 1.61. The van der Waals surface area contributed by atoms with Gasteiger partial charge in [-0.25, -0.2) is 0 Å². The SMILES string of the molecule is COc1ccc(OC)c(C(=O)NCCC(C)C(=O)O)c1. The van der Waals surface area contributed by atoms with Gasteiger partial charge in [0.15, 0.2) is 0 Å². The van der Waals surface area contributed by atoms with Crippen LogP contribution in [0.25, 0.3) is 0 Å². The molecule has 0 aromatic heterocycles. The van der Waals surface area contributed by atoms with Gasteiger partial charge in [0.2, 0.25) is 0 Å². The summed E-state index contributed by atoms with van der Waals surface area (Å²) in [6.45, 7) is 1.88. The first-order valence-corrected chi connectivity index (χ1v) is 6.22. The number of amides is 1. The zero-order valence-corrected chi connectivity index (χ0v) is 11.8. The van der Waals surface area contributed by atoms with Crippen molar-refractivity contribution in [1.29, 1.82) is 0 Å². The van der Waals surface area contributed by atoms with Gasteiger partial charge in [0.1, 0.15) is 11.5 Å². The molecule has 0 radical (unpaired) electrons. The Morgan fingerprint density at radius 1 is 1.30 bits per heavy atom. The smallest absolute Gasteiger partial charge is 0.306 e. The molecule has 0 heterocycles. The zero-order chi connectivity index (χ0) is 15.1. The Balaban J connectivity index is 2.69. The predicted octanol–water partition coefficient (Wildman–Crippen LogP) is 1.54. The number of methoxy groups -OCH3 is 2. The van der Waals surface area contributed by atoms with E-state index in [0.717, 1.165) is 0 Å². The Kier molecular flexibility index (Phi) is 5.83. The molecular weight excluding hydrogens is 262 g/mol. The van der Waals surface area contributed by atoms with Gasteiger partial charge in [-0.05, 0) is 24.6 Å². The fourth-order valence-electron chi connectivity index (χ4n) is 1.61. The molecule has 6 nitrogen and oxygen atoms in total. The van der Waals surface area contributed by atoms with Crippen LogP contribution in [0.5, 0.6) is 11.5 Å². The molecule has 0 fully saturated rings. The second-order valence-electron chi connectivity index (χ2n) is 4.35. The van der Waals surface area contributed by atoms with Crippen molar-refractivity contribution in [3.63, 3.8) is 0 Å². The molecule has 0 spiro atoms. The first kappa shape index (κ1) is 15.8. The molecule has 0 aliphatic heterocycles. The fraction of sp³-hybridized carbons (Fsp3) is 0.429. The van der Waals surface area contributed by atoms with Crippen molar-refractivity contribution < 1.29 is 24.2 Å². The van der Waals surface area contributed by atoms with Crippen molar-refractivity contribution in [2.24, 2.45) is 5.92 Å². The normalized spacial score (nSPS) is 11.6. The summed E-state index contributed by atoms with van der Waals surface area (Å²) in [4.78, 5) is 22.7. The van der Waals surface area contributed by atoms with Crippen molar-refractivity contribution in [3.05, 3.63) is 23.8 Å². The third-order valence-corrected chi connectivity index (χ3v) is 2.94. The van der Waals surface area contributed by atoms with Crippen LogP contribution in [-0.2, 0) is 4.79 Å². The van der Waals surface area contributed by atoms with Crippen LogP contribution >= 0.6 is 0 Å². The maximum absolute atomic E-state index is 12.0. The molecule has 0 saturated carbocycles. The summed E-state index contributed by atoms with van der Waals surface area (Å²) in [7, 11) is 2.99. The maximum Gasteiger partial charge on any atom is 0.306 e. The number of rotatable bonds is 7. The Hall–Kier alpha value is -2.24. The lowest BCUT2D eigenvalue weighted by Gasteiger charge is -2.11. The van der Waals surface area contributed by atoms with E-state index in [1.54, 1.807) is 25.1 Å². The number of carboxylic acid groups (broad SMARTS) is 1. The summed E-state index contributed by atoms with van der Waals surface area (Å²) >= 11 is 0. The molecule has 0 saturated heterocycles. The molecule has 1 aromatic carbocycles. The quantitative estimate of drug-likeness (QED) is 0.792. The molecule has 110 valence electrons. The molecule has 2 N–H and O–H groups in total. The molecule has 1 rings (SSSR count). The molecule has 0 aliphatic carbocycles. The molecule has 1 amide bonds. The lowest BCUT2D eigenvalue weighted by Crippen LogP contribution is -2.27. The van der Waals surface area contributed by atoms with Crippen LogP contribution in [0.15, 0.2) is 18.2 Å². The van der Waals surface area contributed by atoms with Crippen molar-refractivity contribution in [2.45, 2.75) is 13.3 Å². The lowest BCUT2D eigenvalue weighted by atomic mass is 10.1. The third kappa shape index (κ3) is 4.15. The molecule has 1 atom stereocenters. The molecule has 20 heavy (non-hydrogen) atoms. The van der Waals surface area contributed by atoms with E-state index >= 15 is 0 Å². The van der Waals surface area contributed by atoms with Crippen LogP contribution in [0, 0.1) is 5.92 Å². The minimum atomic E-state index is -0.877. The summed E-state index contributed by atoms with van der Waals surface area (Å²) in [6, 6.07) is 4.92. The number of hydrogen-bond acceptors (Lipinski definition) is 4. The average Bonchev–Trinajstić information content (AvgIpc) is 2.45. The van der Waals surface area contributed by atoms with Crippen molar-refractivity contribution >= 4 is 11.9 Å². The van der Waals surface area contributed by atoms with E-state index < -0.39 is 11.9 Å². The monoisotopic (exact) mass is 281 g/mol. The molecule has 6 heteroatoms. The van der Waals surface area contributed by atoms with E-state index in [0.29, 0.717) is 23.5 Å². The standard InChI is InChI=1S/C14H19NO5/c1-9(14(17)18)6-7-15-13(16)11-8-10(19-2)4-5-12(11)20-3/h4-5,8-9H,6-7H2,1-3H3,(H,15,16)(H,17,18). The van der Waals surface area contributed by atoms with Crippen LogP contribution in [0.3, 0.4) is 0 Å². The van der Waals surface area contributed by atoms with Crippen molar-refractivity contribution in [1.82, 2.24) is 5.32 Å². The highest BCUT2D eigenvalue weighted by molar-refractivity contribution is 5.97. The number of aliphatic carboxylic acids is 1. The number of carbonyl (C=O) groups excluding carboxylic acids is 1. The largest absolute Gasteiger partial charge is 0.497 e. The zero-order valence-electron chi connectivity index (χ0n) is 11.8. The molecule has 0 bridgehead atoms. The minimum Gasteiger partial charge on any atom is -0.497 e. The highest BCUT2D eigenvalue weighted by atomic mass is 16.5. The first-order valence-electron chi connectivity index (χ1n) is 6.22. The van der Waals surface area contributed by atoms with E-state index in [4.69, 9.17) is 14.6 Å². The van der Waals surface area contributed by atoms with Gasteiger partial charge in [-0.2, -0.15) is 0 Å². The topological polar surface area (TPSA) is 84.9 Å². The van der Waals surface area contributed by atoms with Gasteiger partial charge in [-0.3, -0.25) is 9.59 Å². The number of carbonyl (C=O) groups is 2. The van der Waals surface area contributed by atoms with E-state index in [-0.39, 0.29) is 12.5 Å². The van der Waals surface area contributed by atoms with Crippen molar-refractivity contribution in [2.75, 3.05) is 20.8 Å². The van der Waals surface area contributed by atoms with Gasteiger partial charge in [0, 0.05) is 6.54 Å². The Morgan fingerprint density at radius 2 is 2.00 bits per heavy atom. The summed E-state index contributed by atoms with van der Waals surface area (Å²) < 4.78 is 10.2. The highest BCUT2D eigenvalue weighted by Gasteiger charge is 2.15. The summed E-state index contributed by atoms with van der Waals surface area (Å²) in [6.07, 6.45) is 0.368. The number of ether oxygens (including phenoxy) is 2. The number of carboxylic acids is 1. The van der Waals surface area contributed by atoms with Crippen LogP contribution in [-0.4, -0.2) is 37.7 Å². The lowest BCUT2D eigenvalue weighted by molar-refractivity contribution is -0.141. The third-order valence-electron chi connectivity index (χ3n) is 2.94. The molecule has 0 aliphatic rings. The summed E-state index contributed by atoms with van der Waals surface area (Å²) in [5.41, 5.74) is 0.356. The van der Waals surface area contributed by atoms with Crippen LogP contribution in [0.2, 0.25) is 0 Å². The summed E-state index contributed by atoms with van der Waals surface area (Å²) in [5.74, 6) is -0.705. The van der Waals surface area contributed by atoms with E-state index in [2.05, 4.69) is 5.32 Å². The molecule has 1 aromatic rings. The van der Waals surface area contributed by atoms with Crippen LogP contribution in [0.4, 0.5) is 0 Å². The second kappa shape index (κ2) is 7.37. The van der Waals surface area contributed by atoms with Crippen LogP contribution in [0.1, 0.15) is 23.7 Å². The Bertz CT molecular complexity index is 486. The van der Waals surface area contributed by atoms with E-state index in [1.807, 2.05) is 0 Å². The first-order chi connectivity index (χ1) is 9.49. The average molecular weight is 281 g/mol. The van der Waals surface area contributed by atoms with Crippen molar-refractivity contribution in [3.8, 4) is 11.5 Å². The molecular formula is C14H19NO5. The van der Waals surface area contributed by atoms with Gasteiger partial charge in [-0.15, -0.1) is 0 Å².